The van der Waals surface area contributed by atoms with Crippen LogP contribution in [0.25, 0.3) is 0 Å². The Balaban J connectivity index is 4.13. The van der Waals surface area contributed by atoms with Gasteiger partial charge < -0.3 is 15.8 Å². The second kappa shape index (κ2) is 5.95. The maximum absolute atomic E-state index is 11.5. The summed E-state index contributed by atoms with van der Waals surface area (Å²) >= 11 is 0. The van der Waals surface area contributed by atoms with E-state index >= 15 is 0 Å². The molecule has 0 spiro atoms. The molecule has 1 amide bonds. The summed E-state index contributed by atoms with van der Waals surface area (Å²) in [6.45, 7) is 9.52. The third-order valence-corrected chi connectivity index (χ3v) is 2.13. The fourth-order valence-corrected chi connectivity index (χ4v) is 1.26. The number of nitrogens with one attached hydrogen (secondary N) is 1. The van der Waals surface area contributed by atoms with Crippen LogP contribution in [0.15, 0.2) is 0 Å². The fraction of sp³-hybridized carbons (Fsp3) is 0.909. The number of carbonyl (C=O) groups is 1. The van der Waals surface area contributed by atoms with E-state index in [4.69, 9.17) is 10.5 Å². The molecule has 0 aliphatic carbocycles. The monoisotopic (exact) mass is 216 g/mol. The van der Waals surface area contributed by atoms with Gasteiger partial charge in [0.15, 0.2) is 0 Å². The summed E-state index contributed by atoms with van der Waals surface area (Å²) in [7, 11) is 0. The summed E-state index contributed by atoms with van der Waals surface area (Å²) in [5, 5.41) is 2.79. The van der Waals surface area contributed by atoms with Crippen LogP contribution in [-0.2, 0) is 4.74 Å². The van der Waals surface area contributed by atoms with Crippen molar-refractivity contribution in [3.8, 4) is 0 Å². The van der Waals surface area contributed by atoms with Crippen molar-refractivity contribution in [3.05, 3.63) is 0 Å². The zero-order chi connectivity index (χ0) is 12.1. The van der Waals surface area contributed by atoms with Crippen LogP contribution >= 0.6 is 0 Å². The SMILES string of the molecule is CCC(N)C(CC)NC(=O)OC(C)(C)C. The van der Waals surface area contributed by atoms with Crippen LogP contribution in [0.3, 0.4) is 0 Å². The number of alkyl carbamates (subject to hydrolysis) is 1. The van der Waals surface area contributed by atoms with Crippen LogP contribution in [0, 0.1) is 0 Å². The fourth-order valence-electron chi connectivity index (χ4n) is 1.26. The van der Waals surface area contributed by atoms with Gasteiger partial charge in [0.25, 0.3) is 0 Å². The molecule has 4 nitrogen and oxygen atoms in total. The molecular weight excluding hydrogens is 192 g/mol. The van der Waals surface area contributed by atoms with Gasteiger partial charge in [-0.15, -0.1) is 0 Å². The molecule has 0 fully saturated rings. The van der Waals surface area contributed by atoms with Crippen LogP contribution < -0.4 is 11.1 Å². The first kappa shape index (κ1) is 14.2. The molecule has 15 heavy (non-hydrogen) atoms. The van der Waals surface area contributed by atoms with Crippen molar-refractivity contribution < 1.29 is 9.53 Å². The highest BCUT2D eigenvalue weighted by atomic mass is 16.6. The zero-order valence-electron chi connectivity index (χ0n) is 10.5. The molecule has 0 aromatic rings. The lowest BCUT2D eigenvalue weighted by molar-refractivity contribution is 0.0494. The lowest BCUT2D eigenvalue weighted by Gasteiger charge is -2.25. The van der Waals surface area contributed by atoms with Gasteiger partial charge in [-0.1, -0.05) is 13.8 Å². The van der Waals surface area contributed by atoms with E-state index in [0.717, 1.165) is 12.8 Å². The average Bonchev–Trinajstić information content (AvgIpc) is 2.10. The Morgan fingerprint density at radius 2 is 1.87 bits per heavy atom. The van der Waals surface area contributed by atoms with Crippen LogP contribution in [0.4, 0.5) is 4.79 Å². The number of rotatable bonds is 4. The molecule has 2 unspecified atom stereocenters. The molecule has 0 aliphatic rings. The summed E-state index contributed by atoms with van der Waals surface area (Å²) in [6, 6.07) is -0.0210. The first-order valence-corrected chi connectivity index (χ1v) is 5.55. The number of hydrogen-bond acceptors (Lipinski definition) is 3. The number of carbonyl (C=O) groups excluding carboxylic acids is 1. The van der Waals surface area contributed by atoms with Crippen molar-refractivity contribution in [2.75, 3.05) is 0 Å². The molecule has 2 atom stereocenters. The van der Waals surface area contributed by atoms with Crippen molar-refractivity contribution >= 4 is 6.09 Å². The first-order valence-electron chi connectivity index (χ1n) is 5.55. The van der Waals surface area contributed by atoms with Gasteiger partial charge in [-0.25, -0.2) is 4.79 Å². The van der Waals surface area contributed by atoms with Gasteiger partial charge in [-0.3, -0.25) is 0 Å². The number of amides is 1. The van der Waals surface area contributed by atoms with Gasteiger partial charge in [0.05, 0.1) is 0 Å². The smallest absolute Gasteiger partial charge is 0.407 e. The largest absolute Gasteiger partial charge is 0.444 e. The highest BCUT2D eigenvalue weighted by Gasteiger charge is 2.21. The summed E-state index contributed by atoms with van der Waals surface area (Å²) in [5.74, 6) is 0. The Morgan fingerprint density at radius 1 is 1.33 bits per heavy atom. The number of nitrogens with two attached hydrogens (primary N) is 1. The van der Waals surface area contributed by atoms with E-state index < -0.39 is 11.7 Å². The topological polar surface area (TPSA) is 64.3 Å². The quantitative estimate of drug-likeness (QED) is 0.755. The molecule has 0 radical (unpaired) electrons. The number of hydrogen-bond donors (Lipinski definition) is 2. The molecule has 4 heteroatoms. The standard InChI is InChI=1S/C11H24N2O2/c1-6-8(12)9(7-2)13-10(14)15-11(3,4)5/h8-9H,6-7,12H2,1-5H3,(H,13,14). The van der Waals surface area contributed by atoms with E-state index in [0.29, 0.717) is 0 Å². The van der Waals surface area contributed by atoms with Crippen LogP contribution in [-0.4, -0.2) is 23.8 Å². The Hall–Kier alpha value is -0.770. The molecule has 0 saturated carbocycles. The van der Waals surface area contributed by atoms with Gasteiger partial charge in [0, 0.05) is 12.1 Å². The minimum Gasteiger partial charge on any atom is -0.444 e. The Kier molecular flexibility index (Phi) is 5.65. The van der Waals surface area contributed by atoms with Crippen molar-refractivity contribution in [2.24, 2.45) is 5.73 Å². The molecule has 0 aromatic heterocycles. The van der Waals surface area contributed by atoms with Gasteiger partial charge >= 0.3 is 6.09 Å². The minimum absolute atomic E-state index is 0.00940. The third-order valence-electron chi connectivity index (χ3n) is 2.13. The molecule has 0 aliphatic heterocycles. The van der Waals surface area contributed by atoms with E-state index in [1.165, 1.54) is 0 Å². The van der Waals surface area contributed by atoms with Crippen LogP contribution in [0.5, 0.6) is 0 Å². The van der Waals surface area contributed by atoms with Gasteiger partial charge in [0.1, 0.15) is 5.60 Å². The molecule has 0 aromatic carbocycles. The van der Waals surface area contributed by atoms with Crippen LogP contribution in [0.2, 0.25) is 0 Å². The van der Waals surface area contributed by atoms with Crippen molar-refractivity contribution in [3.63, 3.8) is 0 Å². The highest BCUT2D eigenvalue weighted by molar-refractivity contribution is 5.68. The summed E-state index contributed by atoms with van der Waals surface area (Å²) in [5.41, 5.74) is 5.41. The Bertz CT molecular complexity index is 199. The summed E-state index contributed by atoms with van der Waals surface area (Å²) < 4.78 is 5.16. The lowest BCUT2D eigenvalue weighted by atomic mass is 10.0. The van der Waals surface area contributed by atoms with E-state index in [1.807, 2.05) is 34.6 Å². The number of ether oxygens (including phenoxy) is 1. The van der Waals surface area contributed by atoms with Gasteiger partial charge in [-0.2, -0.15) is 0 Å². The van der Waals surface area contributed by atoms with E-state index in [9.17, 15) is 4.79 Å². The molecular formula is C11H24N2O2. The second-order valence-corrected chi connectivity index (χ2v) is 4.73. The molecule has 0 rings (SSSR count). The summed E-state index contributed by atoms with van der Waals surface area (Å²) in [6.07, 6.45) is 1.26. The molecule has 0 bridgehead atoms. The summed E-state index contributed by atoms with van der Waals surface area (Å²) in [4.78, 5) is 11.5. The molecule has 90 valence electrons. The lowest BCUT2D eigenvalue weighted by Crippen LogP contribution is -2.48. The normalized spacial score (nSPS) is 15.6. The Morgan fingerprint density at radius 3 is 2.20 bits per heavy atom. The second-order valence-electron chi connectivity index (χ2n) is 4.73. The maximum atomic E-state index is 11.5. The van der Waals surface area contributed by atoms with Gasteiger partial charge in [-0.05, 0) is 33.6 Å². The van der Waals surface area contributed by atoms with E-state index in [-0.39, 0.29) is 12.1 Å². The highest BCUT2D eigenvalue weighted by Crippen LogP contribution is 2.08. The van der Waals surface area contributed by atoms with E-state index in [1.54, 1.807) is 0 Å². The zero-order valence-corrected chi connectivity index (χ0v) is 10.5. The van der Waals surface area contributed by atoms with Crippen molar-refractivity contribution in [1.82, 2.24) is 5.32 Å². The average molecular weight is 216 g/mol. The van der Waals surface area contributed by atoms with Crippen molar-refractivity contribution in [1.29, 1.82) is 0 Å². The van der Waals surface area contributed by atoms with Crippen LogP contribution in [0.1, 0.15) is 47.5 Å². The molecule has 3 N–H and O–H groups in total. The first-order chi connectivity index (χ1) is 6.80. The van der Waals surface area contributed by atoms with Crippen molar-refractivity contribution in [2.45, 2.75) is 65.1 Å². The third kappa shape index (κ3) is 6.33. The minimum atomic E-state index is -0.460. The molecule has 0 heterocycles. The van der Waals surface area contributed by atoms with E-state index in [2.05, 4.69) is 5.32 Å². The van der Waals surface area contributed by atoms with Gasteiger partial charge in [0.2, 0.25) is 0 Å². The maximum Gasteiger partial charge on any atom is 0.407 e. The molecule has 0 saturated heterocycles. The predicted molar refractivity (Wildman–Crippen MR) is 61.7 cm³/mol. The Labute approximate surface area is 92.6 Å². The predicted octanol–water partition coefficient (Wildman–Crippen LogP) is 2.03.